The third kappa shape index (κ3) is 3.52. The van der Waals surface area contributed by atoms with Gasteiger partial charge in [-0.25, -0.2) is 9.78 Å². The maximum Gasteiger partial charge on any atom is 0.331 e. The molecular weight excluding hydrogens is 368 g/mol. The summed E-state index contributed by atoms with van der Waals surface area (Å²) < 4.78 is 18.1. The normalized spacial score (nSPS) is 12.3. The number of imidazole rings is 1. The Morgan fingerprint density at radius 1 is 0.966 bits per heavy atom. The van der Waals surface area contributed by atoms with Crippen molar-refractivity contribution in [1.29, 1.82) is 0 Å². The summed E-state index contributed by atoms with van der Waals surface area (Å²) in [6.45, 7) is 0.244. The second-order valence-electron chi connectivity index (χ2n) is 6.75. The van der Waals surface area contributed by atoms with Crippen molar-refractivity contribution >= 4 is 17.0 Å². The van der Waals surface area contributed by atoms with Crippen LogP contribution in [-0.2, 0) is 17.8 Å². The van der Waals surface area contributed by atoms with Crippen molar-refractivity contribution in [3.05, 3.63) is 84.2 Å². The highest BCUT2D eigenvalue weighted by Crippen LogP contribution is 2.35. The number of fused-ring (bicyclic) bond motifs is 2. The summed E-state index contributed by atoms with van der Waals surface area (Å²) in [5, 5.41) is 0. The zero-order valence-corrected chi connectivity index (χ0v) is 15.6. The number of benzene rings is 3. The van der Waals surface area contributed by atoms with Crippen LogP contribution in [0.3, 0.4) is 0 Å². The SMILES string of the molecule is O=C(Cn1c(Cc2ccccc2)nc2ccccc21)Oc1ccc2c(c1)OCO2. The largest absolute Gasteiger partial charge is 0.454 e. The smallest absolute Gasteiger partial charge is 0.331 e. The predicted octanol–water partition coefficient (Wildman–Crippen LogP) is 3.96. The van der Waals surface area contributed by atoms with E-state index in [1.54, 1.807) is 18.2 Å². The Hall–Kier alpha value is -3.80. The second kappa shape index (κ2) is 7.31. The van der Waals surface area contributed by atoms with Gasteiger partial charge in [0.1, 0.15) is 18.1 Å². The molecule has 144 valence electrons. The summed E-state index contributed by atoms with van der Waals surface area (Å²) in [5.74, 6) is 2.10. The van der Waals surface area contributed by atoms with Crippen LogP contribution in [0.4, 0.5) is 0 Å². The van der Waals surface area contributed by atoms with Crippen LogP contribution < -0.4 is 14.2 Å². The van der Waals surface area contributed by atoms with Crippen LogP contribution in [0.1, 0.15) is 11.4 Å². The number of hydrogen-bond donors (Lipinski definition) is 0. The molecule has 29 heavy (non-hydrogen) atoms. The molecule has 1 aliphatic heterocycles. The maximum atomic E-state index is 12.7. The van der Waals surface area contributed by atoms with Crippen LogP contribution in [-0.4, -0.2) is 22.3 Å². The van der Waals surface area contributed by atoms with Gasteiger partial charge in [-0.1, -0.05) is 42.5 Å². The average molecular weight is 386 g/mol. The Kier molecular flexibility index (Phi) is 4.37. The molecule has 3 aromatic carbocycles. The highest BCUT2D eigenvalue weighted by atomic mass is 16.7. The lowest BCUT2D eigenvalue weighted by Crippen LogP contribution is -2.18. The van der Waals surface area contributed by atoms with Crippen LogP contribution in [0.5, 0.6) is 17.2 Å². The molecule has 0 aliphatic carbocycles. The van der Waals surface area contributed by atoms with E-state index in [9.17, 15) is 4.79 Å². The predicted molar refractivity (Wildman–Crippen MR) is 107 cm³/mol. The zero-order valence-electron chi connectivity index (χ0n) is 15.6. The third-order valence-electron chi connectivity index (χ3n) is 4.80. The quantitative estimate of drug-likeness (QED) is 0.384. The summed E-state index contributed by atoms with van der Waals surface area (Å²) >= 11 is 0. The molecule has 0 spiro atoms. The molecule has 0 saturated heterocycles. The molecule has 5 rings (SSSR count). The number of carbonyl (C=O) groups is 1. The van der Waals surface area contributed by atoms with Gasteiger partial charge in [0, 0.05) is 12.5 Å². The molecule has 6 heteroatoms. The summed E-state index contributed by atoms with van der Waals surface area (Å²) in [6, 6.07) is 23.0. The van der Waals surface area contributed by atoms with Crippen molar-refractivity contribution in [2.45, 2.75) is 13.0 Å². The fourth-order valence-corrected chi connectivity index (χ4v) is 3.45. The molecule has 0 saturated carbocycles. The number of hydrogen-bond acceptors (Lipinski definition) is 5. The van der Waals surface area contributed by atoms with Crippen molar-refractivity contribution < 1.29 is 19.0 Å². The van der Waals surface area contributed by atoms with E-state index in [1.807, 2.05) is 47.0 Å². The standard InChI is InChI=1S/C23H18N2O4/c26-23(29-17-10-11-20-21(13-17)28-15-27-20)14-25-19-9-5-4-8-18(19)24-22(25)12-16-6-2-1-3-7-16/h1-11,13H,12,14-15H2. The molecule has 0 atom stereocenters. The molecule has 4 aromatic rings. The molecule has 0 radical (unpaired) electrons. The summed E-state index contributed by atoms with van der Waals surface area (Å²) in [7, 11) is 0. The monoisotopic (exact) mass is 386 g/mol. The second-order valence-corrected chi connectivity index (χ2v) is 6.75. The lowest BCUT2D eigenvalue weighted by Gasteiger charge is -2.10. The average Bonchev–Trinajstić information content (AvgIpc) is 3.33. The van der Waals surface area contributed by atoms with Gasteiger partial charge in [-0.2, -0.15) is 0 Å². The summed E-state index contributed by atoms with van der Waals surface area (Å²) in [6.07, 6.45) is 0.632. The Balaban J connectivity index is 1.41. The van der Waals surface area contributed by atoms with Gasteiger partial charge in [0.15, 0.2) is 11.5 Å². The first-order valence-corrected chi connectivity index (χ1v) is 9.35. The van der Waals surface area contributed by atoms with E-state index in [0.29, 0.717) is 23.7 Å². The Morgan fingerprint density at radius 2 is 1.76 bits per heavy atom. The molecule has 2 heterocycles. The van der Waals surface area contributed by atoms with Gasteiger partial charge >= 0.3 is 5.97 Å². The molecule has 0 fully saturated rings. The number of aromatic nitrogens is 2. The Bertz CT molecular complexity index is 1180. The number of nitrogens with zero attached hydrogens (tertiary/aromatic N) is 2. The molecular formula is C23H18N2O4. The van der Waals surface area contributed by atoms with Gasteiger partial charge in [-0.3, -0.25) is 0 Å². The number of rotatable bonds is 5. The lowest BCUT2D eigenvalue weighted by atomic mass is 10.1. The van der Waals surface area contributed by atoms with E-state index in [-0.39, 0.29) is 19.3 Å². The number of para-hydroxylation sites is 2. The van der Waals surface area contributed by atoms with E-state index in [0.717, 1.165) is 22.4 Å². The molecule has 1 aliphatic rings. The van der Waals surface area contributed by atoms with Crippen molar-refractivity contribution in [3.63, 3.8) is 0 Å². The van der Waals surface area contributed by atoms with Gasteiger partial charge in [0.05, 0.1) is 11.0 Å². The van der Waals surface area contributed by atoms with Crippen LogP contribution in [0.2, 0.25) is 0 Å². The minimum Gasteiger partial charge on any atom is -0.454 e. The number of carbonyl (C=O) groups excluding carboxylic acids is 1. The minimum atomic E-state index is -0.374. The molecule has 0 bridgehead atoms. The Morgan fingerprint density at radius 3 is 2.66 bits per heavy atom. The maximum absolute atomic E-state index is 12.7. The van der Waals surface area contributed by atoms with Crippen LogP contribution in [0, 0.1) is 0 Å². The fourth-order valence-electron chi connectivity index (χ4n) is 3.45. The van der Waals surface area contributed by atoms with Crippen LogP contribution in [0.25, 0.3) is 11.0 Å². The number of ether oxygens (including phenoxy) is 3. The highest BCUT2D eigenvalue weighted by Gasteiger charge is 2.18. The van der Waals surface area contributed by atoms with Crippen LogP contribution in [0.15, 0.2) is 72.8 Å². The van der Waals surface area contributed by atoms with Crippen molar-refractivity contribution in [2.75, 3.05) is 6.79 Å². The highest BCUT2D eigenvalue weighted by molar-refractivity contribution is 5.80. The van der Waals surface area contributed by atoms with E-state index in [4.69, 9.17) is 19.2 Å². The van der Waals surface area contributed by atoms with Crippen molar-refractivity contribution in [3.8, 4) is 17.2 Å². The number of esters is 1. The third-order valence-corrected chi connectivity index (χ3v) is 4.80. The van der Waals surface area contributed by atoms with Gasteiger partial charge in [0.25, 0.3) is 0 Å². The summed E-state index contributed by atoms with van der Waals surface area (Å²) in [5.41, 5.74) is 2.89. The first-order valence-electron chi connectivity index (χ1n) is 9.35. The molecule has 0 N–H and O–H groups in total. The molecule has 1 aromatic heterocycles. The fraction of sp³-hybridized carbons (Fsp3) is 0.130. The van der Waals surface area contributed by atoms with Gasteiger partial charge in [-0.15, -0.1) is 0 Å². The zero-order chi connectivity index (χ0) is 19.6. The van der Waals surface area contributed by atoms with E-state index in [2.05, 4.69) is 12.1 Å². The molecule has 0 amide bonds. The van der Waals surface area contributed by atoms with Gasteiger partial charge in [0.2, 0.25) is 6.79 Å². The summed E-state index contributed by atoms with van der Waals surface area (Å²) in [4.78, 5) is 17.4. The first-order chi connectivity index (χ1) is 14.3. The van der Waals surface area contributed by atoms with Crippen molar-refractivity contribution in [2.24, 2.45) is 0 Å². The Labute approximate surface area is 167 Å². The lowest BCUT2D eigenvalue weighted by molar-refractivity contribution is -0.135. The molecule has 0 unspecified atom stereocenters. The van der Waals surface area contributed by atoms with E-state index < -0.39 is 0 Å². The van der Waals surface area contributed by atoms with Gasteiger partial charge in [-0.05, 0) is 29.8 Å². The topological polar surface area (TPSA) is 62.6 Å². The minimum absolute atomic E-state index is 0.0666. The van der Waals surface area contributed by atoms with E-state index >= 15 is 0 Å². The van der Waals surface area contributed by atoms with Crippen molar-refractivity contribution in [1.82, 2.24) is 9.55 Å². The first kappa shape index (κ1) is 17.3. The van der Waals surface area contributed by atoms with Gasteiger partial charge < -0.3 is 18.8 Å². The molecule has 6 nitrogen and oxygen atoms in total. The van der Waals surface area contributed by atoms with Crippen LogP contribution >= 0.6 is 0 Å². The van der Waals surface area contributed by atoms with E-state index in [1.165, 1.54) is 0 Å².